The van der Waals surface area contributed by atoms with Gasteiger partial charge in [-0.3, -0.25) is 4.79 Å². The van der Waals surface area contributed by atoms with E-state index in [4.69, 9.17) is 10.5 Å². The summed E-state index contributed by atoms with van der Waals surface area (Å²) in [4.78, 5) is 11.7. The van der Waals surface area contributed by atoms with Crippen molar-refractivity contribution in [2.75, 3.05) is 31.8 Å². The van der Waals surface area contributed by atoms with Gasteiger partial charge in [-0.2, -0.15) is 0 Å². The molecule has 1 rings (SSSR count). The van der Waals surface area contributed by atoms with Crippen molar-refractivity contribution in [3.05, 3.63) is 18.2 Å². The standard InChI is InChI=1S/C13H21N3O2/c1-13(2,12(17)15-3)8-16-9-6-5-7-10(18-4)11(9)14/h5-7,16H,8,14H2,1-4H3,(H,15,17). The number of hydrogen-bond acceptors (Lipinski definition) is 4. The Morgan fingerprint density at radius 1 is 1.44 bits per heavy atom. The molecule has 0 saturated heterocycles. The van der Waals surface area contributed by atoms with E-state index < -0.39 is 5.41 Å². The van der Waals surface area contributed by atoms with Gasteiger partial charge < -0.3 is 21.1 Å². The van der Waals surface area contributed by atoms with Gasteiger partial charge in [0.05, 0.1) is 23.9 Å². The molecule has 0 aromatic heterocycles. The Labute approximate surface area is 108 Å². The van der Waals surface area contributed by atoms with Gasteiger partial charge in [0, 0.05) is 13.6 Å². The number of nitrogen functional groups attached to an aromatic ring is 1. The predicted octanol–water partition coefficient (Wildman–Crippen LogP) is 1.46. The number of amides is 1. The molecule has 5 heteroatoms. The Morgan fingerprint density at radius 2 is 2.11 bits per heavy atom. The molecule has 1 amide bonds. The zero-order valence-corrected chi connectivity index (χ0v) is 11.3. The topological polar surface area (TPSA) is 76.4 Å². The van der Waals surface area contributed by atoms with Crippen LogP contribution in [0.15, 0.2) is 18.2 Å². The van der Waals surface area contributed by atoms with E-state index >= 15 is 0 Å². The molecule has 4 N–H and O–H groups in total. The fraction of sp³-hybridized carbons (Fsp3) is 0.462. The van der Waals surface area contributed by atoms with Crippen LogP contribution in [0.1, 0.15) is 13.8 Å². The Bertz CT molecular complexity index is 430. The van der Waals surface area contributed by atoms with Gasteiger partial charge >= 0.3 is 0 Å². The summed E-state index contributed by atoms with van der Waals surface area (Å²) in [6.45, 7) is 4.23. The second kappa shape index (κ2) is 5.62. The summed E-state index contributed by atoms with van der Waals surface area (Å²) >= 11 is 0. The molecule has 18 heavy (non-hydrogen) atoms. The molecule has 0 fully saturated rings. The number of carbonyl (C=O) groups excluding carboxylic acids is 1. The van der Waals surface area contributed by atoms with E-state index in [0.717, 1.165) is 5.69 Å². The number of benzene rings is 1. The molecule has 100 valence electrons. The molecular formula is C13H21N3O2. The number of ether oxygens (including phenoxy) is 1. The predicted molar refractivity (Wildman–Crippen MR) is 73.7 cm³/mol. The quantitative estimate of drug-likeness (QED) is 0.692. The van der Waals surface area contributed by atoms with Crippen LogP contribution in [0.4, 0.5) is 11.4 Å². The molecule has 5 nitrogen and oxygen atoms in total. The van der Waals surface area contributed by atoms with E-state index in [-0.39, 0.29) is 5.91 Å². The number of anilines is 2. The lowest BCUT2D eigenvalue weighted by molar-refractivity contribution is -0.128. The molecule has 0 radical (unpaired) electrons. The van der Waals surface area contributed by atoms with E-state index in [1.54, 1.807) is 20.2 Å². The summed E-state index contributed by atoms with van der Waals surface area (Å²) in [6, 6.07) is 5.51. The number of para-hydroxylation sites is 1. The van der Waals surface area contributed by atoms with Crippen LogP contribution in [-0.4, -0.2) is 26.6 Å². The van der Waals surface area contributed by atoms with Gasteiger partial charge in [0.25, 0.3) is 0 Å². The summed E-state index contributed by atoms with van der Waals surface area (Å²) in [5, 5.41) is 5.82. The lowest BCUT2D eigenvalue weighted by Crippen LogP contribution is -2.39. The minimum absolute atomic E-state index is 0.0172. The lowest BCUT2D eigenvalue weighted by Gasteiger charge is -2.24. The maximum atomic E-state index is 11.7. The molecule has 0 heterocycles. The van der Waals surface area contributed by atoms with E-state index in [0.29, 0.717) is 18.0 Å². The zero-order chi connectivity index (χ0) is 13.8. The van der Waals surface area contributed by atoms with Crippen molar-refractivity contribution in [3.63, 3.8) is 0 Å². The fourth-order valence-electron chi connectivity index (χ4n) is 1.61. The van der Waals surface area contributed by atoms with E-state index in [9.17, 15) is 4.79 Å². The van der Waals surface area contributed by atoms with Crippen LogP contribution in [-0.2, 0) is 4.79 Å². The summed E-state index contributed by atoms with van der Waals surface area (Å²) in [5.74, 6) is 0.606. The average Bonchev–Trinajstić information content (AvgIpc) is 2.36. The van der Waals surface area contributed by atoms with Crippen LogP contribution < -0.4 is 21.1 Å². The van der Waals surface area contributed by atoms with Crippen LogP contribution in [0.5, 0.6) is 5.75 Å². The first-order chi connectivity index (χ1) is 8.42. The highest BCUT2D eigenvalue weighted by Crippen LogP contribution is 2.29. The maximum Gasteiger partial charge on any atom is 0.227 e. The summed E-state index contributed by atoms with van der Waals surface area (Å²) in [5.41, 5.74) is 6.75. The largest absolute Gasteiger partial charge is 0.495 e. The molecule has 0 unspecified atom stereocenters. The Balaban J connectivity index is 2.78. The molecule has 0 aliphatic carbocycles. The molecule has 0 aliphatic rings. The lowest BCUT2D eigenvalue weighted by atomic mass is 9.92. The van der Waals surface area contributed by atoms with Crippen molar-refractivity contribution in [1.29, 1.82) is 0 Å². The van der Waals surface area contributed by atoms with Gasteiger partial charge in [-0.05, 0) is 26.0 Å². The van der Waals surface area contributed by atoms with E-state index in [1.807, 2.05) is 26.0 Å². The molecule has 0 saturated carbocycles. The van der Waals surface area contributed by atoms with Crippen molar-refractivity contribution >= 4 is 17.3 Å². The Kier molecular flexibility index (Phi) is 4.42. The maximum absolute atomic E-state index is 11.7. The molecule has 0 atom stereocenters. The van der Waals surface area contributed by atoms with Gasteiger partial charge in [0.2, 0.25) is 5.91 Å². The first-order valence-corrected chi connectivity index (χ1v) is 5.81. The smallest absolute Gasteiger partial charge is 0.227 e. The minimum atomic E-state index is -0.510. The number of carbonyl (C=O) groups is 1. The van der Waals surface area contributed by atoms with E-state index in [1.165, 1.54) is 0 Å². The molecule has 1 aromatic rings. The highest BCUT2D eigenvalue weighted by atomic mass is 16.5. The SMILES string of the molecule is CNC(=O)C(C)(C)CNc1cccc(OC)c1N. The number of hydrogen-bond donors (Lipinski definition) is 3. The van der Waals surface area contributed by atoms with Crippen molar-refractivity contribution in [2.45, 2.75) is 13.8 Å². The number of rotatable bonds is 5. The number of nitrogens with one attached hydrogen (secondary N) is 2. The van der Waals surface area contributed by atoms with Crippen molar-refractivity contribution < 1.29 is 9.53 Å². The number of nitrogens with two attached hydrogens (primary N) is 1. The average molecular weight is 251 g/mol. The third kappa shape index (κ3) is 3.06. The number of methoxy groups -OCH3 is 1. The van der Waals surface area contributed by atoms with Crippen molar-refractivity contribution in [1.82, 2.24) is 5.32 Å². The Morgan fingerprint density at radius 3 is 2.67 bits per heavy atom. The van der Waals surface area contributed by atoms with Gasteiger partial charge in [-0.1, -0.05) is 6.07 Å². The van der Waals surface area contributed by atoms with Gasteiger partial charge in [-0.25, -0.2) is 0 Å². The Hall–Kier alpha value is -1.91. The third-order valence-corrected chi connectivity index (χ3v) is 2.85. The van der Waals surface area contributed by atoms with Crippen LogP contribution in [0.25, 0.3) is 0 Å². The van der Waals surface area contributed by atoms with Crippen LogP contribution in [0.2, 0.25) is 0 Å². The van der Waals surface area contributed by atoms with Crippen LogP contribution >= 0.6 is 0 Å². The molecule has 0 bridgehead atoms. The third-order valence-electron chi connectivity index (χ3n) is 2.85. The second-order valence-corrected chi connectivity index (χ2v) is 4.74. The second-order valence-electron chi connectivity index (χ2n) is 4.74. The normalized spacial score (nSPS) is 10.9. The van der Waals surface area contributed by atoms with Crippen LogP contribution in [0.3, 0.4) is 0 Å². The molecule has 0 aliphatic heterocycles. The van der Waals surface area contributed by atoms with E-state index in [2.05, 4.69) is 10.6 Å². The van der Waals surface area contributed by atoms with Gasteiger partial charge in [0.1, 0.15) is 5.75 Å². The molecule has 0 spiro atoms. The van der Waals surface area contributed by atoms with Crippen molar-refractivity contribution in [2.24, 2.45) is 5.41 Å². The monoisotopic (exact) mass is 251 g/mol. The summed E-state index contributed by atoms with van der Waals surface area (Å²) in [7, 11) is 3.20. The minimum Gasteiger partial charge on any atom is -0.495 e. The van der Waals surface area contributed by atoms with Gasteiger partial charge in [-0.15, -0.1) is 0 Å². The van der Waals surface area contributed by atoms with Crippen LogP contribution in [0, 0.1) is 5.41 Å². The summed E-state index contributed by atoms with van der Waals surface area (Å²) < 4.78 is 5.14. The first-order valence-electron chi connectivity index (χ1n) is 5.81. The highest BCUT2D eigenvalue weighted by molar-refractivity contribution is 5.82. The molecule has 1 aromatic carbocycles. The highest BCUT2D eigenvalue weighted by Gasteiger charge is 2.26. The van der Waals surface area contributed by atoms with Gasteiger partial charge in [0.15, 0.2) is 0 Å². The molecular weight excluding hydrogens is 230 g/mol. The first kappa shape index (κ1) is 14.2. The van der Waals surface area contributed by atoms with Crippen molar-refractivity contribution in [3.8, 4) is 5.75 Å². The zero-order valence-electron chi connectivity index (χ0n) is 11.3. The summed E-state index contributed by atoms with van der Waals surface area (Å²) in [6.07, 6.45) is 0. The fourth-order valence-corrected chi connectivity index (χ4v) is 1.61.